The fourth-order valence-electron chi connectivity index (χ4n) is 3.08. The number of benzene rings is 3. The predicted octanol–water partition coefficient (Wildman–Crippen LogP) is 4.48. The van der Waals surface area contributed by atoms with Crippen LogP contribution in [0.5, 0.6) is 5.75 Å². The lowest BCUT2D eigenvalue weighted by atomic mass is 10.1. The van der Waals surface area contributed by atoms with E-state index in [1.165, 1.54) is 0 Å². The summed E-state index contributed by atoms with van der Waals surface area (Å²) < 4.78 is 5.46. The van der Waals surface area contributed by atoms with Crippen LogP contribution < -0.4 is 9.64 Å². The highest BCUT2D eigenvalue weighted by Crippen LogP contribution is 2.36. The maximum atomic E-state index is 10.0. The number of methoxy groups -OCH3 is 1. The number of rotatable bonds is 4. The smallest absolute Gasteiger partial charge is 0.123 e. The van der Waals surface area contributed by atoms with Gasteiger partial charge in [0.25, 0.3) is 0 Å². The van der Waals surface area contributed by atoms with Crippen molar-refractivity contribution in [1.82, 2.24) is 4.98 Å². The summed E-state index contributed by atoms with van der Waals surface area (Å²) in [6.07, 6.45) is 0. The SMILES string of the molecule is COc1cc(N(CO)c2ccccc2)c2cc3ccccc3nc2c1. The van der Waals surface area contributed by atoms with Gasteiger partial charge in [-0.15, -0.1) is 0 Å². The molecule has 0 saturated heterocycles. The van der Waals surface area contributed by atoms with Crippen molar-refractivity contribution < 1.29 is 9.84 Å². The number of pyridine rings is 1. The normalized spacial score (nSPS) is 11.0. The van der Waals surface area contributed by atoms with E-state index in [9.17, 15) is 5.11 Å². The Kier molecular flexibility index (Phi) is 3.96. The topological polar surface area (TPSA) is 45.6 Å². The van der Waals surface area contributed by atoms with Gasteiger partial charge in [0, 0.05) is 28.6 Å². The molecule has 0 aliphatic rings. The van der Waals surface area contributed by atoms with Gasteiger partial charge in [0.2, 0.25) is 0 Å². The zero-order valence-corrected chi connectivity index (χ0v) is 13.9. The molecule has 4 rings (SSSR count). The van der Waals surface area contributed by atoms with Crippen LogP contribution in [0.1, 0.15) is 0 Å². The molecule has 4 heteroatoms. The Morgan fingerprint density at radius 3 is 2.44 bits per heavy atom. The molecule has 0 radical (unpaired) electrons. The predicted molar refractivity (Wildman–Crippen MR) is 101 cm³/mol. The maximum absolute atomic E-state index is 10.0. The van der Waals surface area contributed by atoms with Crippen molar-refractivity contribution in [3.63, 3.8) is 0 Å². The molecule has 0 saturated carbocycles. The van der Waals surface area contributed by atoms with Crippen LogP contribution in [0.3, 0.4) is 0 Å². The molecule has 0 amide bonds. The summed E-state index contributed by atoms with van der Waals surface area (Å²) in [6.45, 7) is -0.140. The van der Waals surface area contributed by atoms with Crippen LogP contribution in [0.2, 0.25) is 0 Å². The quantitative estimate of drug-likeness (QED) is 0.442. The first kappa shape index (κ1) is 15.4. The number of para-hydroxylation sites is 2. The first-order valence-corrected chi connectivity index (χ1v) is 8.11. The number of fused-ring (bicyclic) bond motifs is 2. The number of aliphatic hydroxyl groups excluding tert-OH is 1. The molecule has 124 valence electrons. The number of nitrogens with zero attached hydrogens (tertiary/aromatic N) is 2. The van der Waals surface area contributed by atoms with Crippen molar-refractivity contribution in [3.8, 4) is 5.75 Å². The molecule has 3 aromatic carbocycles. The van der Waals surface area contributed by atoms with Crippen molar-refractivity contribution in [2.75, 3.05) is 18.7 Å². The largest absolute Gasteiger partial charge is 0.497 e. The molecule has 4 aromatic rings. The molecule has 0 fully saturated rings. The molecule has 0 bridgehead atoms. The average molecular weight is 330 g/mol. The third-order valence-electron chi connectivity index (χ3n) is 4.32. The number of aliphatic hydroxyl groups is 1. The first-order valence-electron chi connectivity index (χ1n) is 8.11. The lowest BCUT2D eigenvalue weighted by Gasteiger charge is -2.24. The molecule has 4 nitrogen and oxygen atoms in total. The summed E-state index contributed by atoms with van der Waals surface area (Å²) in [7, 11) is 1.64. The Hall–Kier alpha value is -3.11. The molecule has 1 N–H and O–H groups in total. The number of ether oxygens (including phenoxy) is 1. The van der Waals surface area contributed by atoms with Gasteiger partial charge in [-0.25, -0.2) is 4.98 Å². The number of hydrogen-bond acceptors (Lipinski definition) is 4. The van der Waals surface area contributed by atoms with E-state index in [4.69, 9.17) is 9.72 Å². The van der Waals surface area contributed by atoms with E-state index >= 15 is 0 Å². The fourth-order valence-corrected chi connectivity index (χ4v) is 3.08. The van der Waals surface area contributed by atoms with Crippen molar-refractivity contribution >= 4 is 33.2 Å². The Morgan fingerprint density at radius 2 is 1.68 bits per heavy atom. The summed E-state index contributed by atoms with van der Waals surface area (Å²) in [4.78, 5) is 6.62. The third kappa shape index (κ3) is 2.77. The minimum atomic E-state index is -0.140. The van der Waals surface area contributed by atoms with Gasteiger partial charge in [-0.1, -0.05) is 36.4 Å². The van der Waals surface area contributed by atoms with Gasteiger partial charge in [0.15, 0.2) is 0 Å². The summed E-state index contributed by atoms with van der Waals surface area (Å²) in [5, 5.41) is 12.1. The zero-order valence-electron chi connectivity index (χ0n) is 13.9. The Labute approximate surface area is 145 Å². The molecule has 1 aromatic heterocycles. The van der Waals surface area contributed by atoms with Gasteiger partial charge in [-0.2, -0.15) is 0 Å². The van der Waals surface area contributed by atoms with Gasteiger partial charge in [-0.3, -0.25) is 0 Å². The molecule has 0 aliphatic carbocycles. The first-order chi connectivity index (χ1) is 12.3. The lowest BCUT2D eigenvalue weighted by Crippen LogP contribution is -2.18. The lowest BCUT2D eigenvalue weighted by molar-refractivity contribution is 0.305. The summed E-state index contributed by atoms with van der Waals surface area (Å²) in [5.74, 6) is 0.708. The summed E-state index contributed by atoms with van der Waals surface area (Å²) in [5.41, 5.74) is 3.54. The standard InChI is InChI=1S/C21H18N2O2/c1-25-17-12-20-18(11-15-7-5-6-10-19(15)22-20)21(13-17)23(14-24)16-8-3-2-4-9-16/h2-13,24H,14H2,1H3. The van der Waals surface area contributed by atoms with Gasteiger partial charge < -0.3 is 14.7 Å². The van der Waals surface area contributed by atoms with Crippen molar-refractivity contribution in [2.24, 2.45) is 0 Å². The van der Waals surface area contributed by atoms with Gasteiger partial charge in [0.1, 0.15) is 12.5 Å². The van der Waals surface area contributed by atoms with Crippen LogP contribution in [0, 0.1) is 0 Å². The molecular weight excluding hydrogens is 312 g/mol. The molecular formula is C21H18N2O2. The molecule has 0 spiro atoms. The molecule has 1 heterocycles. The number of hydrogen-bond donors (Lipinski definition) is 1. The number of aromatic nitrogens is 1. The third-order valence-corrected chi connectivity index (χ3v) is 4.32. The second-order valence-corrected chi connectivity index (χ2v) is 5.80. The summed E-state index contributed by atoms with van der Waals surface area (Å²) >= 11 is 0. The van der Waals surface area contributed by atoms with Gasteiger partial charge >= 0.3 is 0 Å². The van der Waals surface area contributed by atoms with Crippen molar-refractivity contribution in [2.45, 2.75) is 0 Å². The van der Waals surface area contributed by atoms with Crippen LogP contribution in [0.4, 0.5) is 11.4 Å². The zero-order chi connectivity index (χ0) is 17.2. The highest BCUT2D eigenvalue weighted by atomic mass is 16.5. The monoisotopic (exact) mass is 330 g/mol. The van der Waals surface area contributed by atoms with Crippen LogP contribution >= 0.6 is 0 Å². The molecule has 0 unspecified atom stereocenters. The van der Waals surface area contributed by atoms with Crippen LogP contribution in [-0.2, 0) is 0 Å². The minimum Gasteiger partial charge on any atom is -0.497 e. The van der Waals surface area contributed by atoms with Crippen molar-refractivity contribution in [3.05, 3.63) is 72.8 Å². The van der Waals surface area contributed by atoms with E-state index in [0.717, 1.165) is 33.2 Å². The Balaban J connectivity index is 2.01. The van der Waals surface area contributed by atoms with Gasteiger partial charge in [-0.05, 0) is 24.3 Å². The highest BCUT2D eigenvalue weighted by molar-refractivity contribution is 6.01. The van der Waals surface area contributed by atoms with E-state index in [0.29, 0.717) is 5.75 Å². The second-order valence-electron chi connectivity index (χ2n) is 5.80. The van der Waals surface area contributed by atoms with E-state index < -0.39 is 0 Å². The van der Waals surface area contributed by atoms with E-state index in [-0.39, 0.29) is 6.73 Å². The maximum Gasteiger partial charge on any atom is 0.123 e. The van der Waals surface area contributed by atoms with Crippen molar-refractivity contribution in [1.29, 1.82) is 0 Å². The minimum absolute atomic E-state index is 0.140. The highest BCUT2D eigenvalue weighted by Gasteiger charge is 2.15. The molecule has 0 atom stereocenters. The molecule has 0 aliphatic heterocycles. The summed E-state index contributed by atoms with van der Waals surface area (Å²) in [6, 6.07) is 23.8. The molecule has 25 heavy (non-hydrogen) atoms. The van der Waals surface area contributed by atoms with Crippen LogP contribution in [-0.4, -0.2) is 23.9 Å². The van der Waals surface area contributed by atoms with E-state index in [1.807, 2.05) is 71.6 Å². The fraction of sp³-hybridized carbons (Fsp3) is 0.0952. The van der Waals surface area contributed by atoms with E-state index in [1.54, 1.807) is 7.11 Å². The Bertz CT molecular complexity index is 1030. The van der Waals surface area contributed by atoms with Crippen LogP contribution in [0.15, 0.2) is 72.8 Å². The number of anilines is 2. The average Bonchev–Trinajstić information content (AvgIpc) is 2.67. The Morgan fingerprint density at radius 1 is 0.920 bits per heavy atom. The van der Waals surface area contributed by atoms with Crippen LogP contribution in [0.25, 0.3) is 21.8 Å². The second kappa shape index (κ2) is 6.42. The van der Waals surface area contributed by atoms with E-state index in [2.05, 4.69) is 6.07 Å². The van der Waals surface area contributed by atoms with Gasteiger partial charge in [0.05, 0.1) is 23.8 Å².